The van der Waals surface area contributed by atoms with Gasteiger partial charge in [-0.15, -0.1) is 11.3 Å². The number of likely N-dealkylation sites (N-methyl/N-ethyl adjacent to an activating group) is 1. The molecule has 158 valence electrons. The average Bonchev–Trinajstić information content (AvgIpc) is 3.09. The van der Waals surface area contributed by atoms with Gasteiger partial charge in [-0.3, -0.25) is 4.90 Å². The maximum Gasteiger partial charge on any atom is 0.341 e. The second-order valence-electron chi connectivity index (χ2n) is 7.81. The summed E-state index contributed by atoms with van der Waals surface area (Å²) in [6.07, 6.45) is 0.597. The molecule has 7 heteroatoms. The number of methoxy groups -OCH3 is 1. The van der Waals surface area contributed by atoms with Gasteiger partial charge in [0.25, 0.3) is 0 Å². The van der Waals surface area contributed by atoms with Crippen molar-refractivity contribution in [3.63, 3.8) is 0 Å². The number of esters is 1. The minimum absolute atomic E-state index is 0.255. The van der Waals surface area contributed by atoms with Crippen LogP contribution in [-0.4, -0.2) is 61.2 Å². The van der Waals surface area contributed by atoms with Crippen LogP contribution in [-0.2, 0) is 17.7 Å². The summed E-state index contributed by atoms with van der Waals surface area (Å²) in [6.45, 7) is 4.50. The number of phenols is 1. The maximum absolute atomic E-state index is 12.6. The van der Waals surface area contributed by atoms with Crippen LogP contribution in [0.3, 0.4) is 0 Å². The van der Waals surface area contributed by atoms with E-state index in [4.69, 9.17) is 10.5 Å². The van der Waals surface area contributed by atoms with E-state index in [-0.39, 0.29) is 5.75 Å². The van der Waals surface area contributed by atoms with Crippen molar-refractivity contribution in [2.45, 2.75) is 13.0 Å². The minimum Gasteiger partial charge on any atom is -0.508 e. The van der Waals surface area contributed by atoms with Gasteiger partial charge in [-0.25, -0.2) is 4.79 Å². The zero-order chi connectivity index (χ0) is 21.3. The lowest BCUT2D eigenvalue weighted by Gasteiger charge is -2.32. The van der Waals surface area contributed by atoms with Gasteiger partial charge in [-0.1, -0.05) is 30.3 Å². The van der Waals surface area contributed by atoms with Gasteiger partial charge in [0.05, 0.1) is 7.11 Å². The van der Waals surface area contributed by atoms with Gasteiger partial charge in [0.2, 0.25) is 0 Å². The Hall–Kier alpha value is -2.61. The average molecular weight is 426 g/mol. The van der Waals surface area contributed by atoms with E-state index in [0.717, 1.165) is 53.0 Å². The SMILES string of the molecule is COC(=O)c1c(N)sc2c(CN3CCN(C)CC3)c(O)cc(Cc3ccccc3)c12. The van der Waals surface area contributed by atoms with Gasteiger partial charge >= 0.3 is 5.97 Å². The van der Waals surface area contributed by atoms with Crippen molar-refractivity contribution in [3.05, 3.63) is 58.7 Å². The lowest BCUT2D eigenvalue weighted by Crippen LogP contribution is -2.43. The number of ether oxygens (including phenoxy) is 1. The lowest BCUT2D eigenvalue weighted by atomic mass is 9.96. The summed E-state index contributed by atoms with van der Waals surface area (Å²) in [7, 11) is 3.49. The summed E-state index contributed by atoms with van der Waals surface area (Å²) in [6, 6.07) is 11.8. The van der Waals surface area contributed by atoms with Crippen LogP contribution in [0.1, 0.15) is 27.0 Å². The number of rotatable bonds is 5. The predicted molar refractivity (Wildman–Crippen MR) is 121 cm³/mol. The molecular weight excluding hydrogens is 398 g/mol. The summed E-state index contributed by atoms with van der Waals surface area (Å²) >= 11 is 1.36. The predicted octanol–water partition coefficient (Wildman–Crippen LogP) is 3.31. The molecule has 1 aliphatic rings. The molecule has 0 spiro atoms. The molecule has 1 aromatic heterocycles. The van der Waals surface area contributed by atoms with Gasteiger partial charge in [-0.2, -0.15) is 0 Å². The highest BCUT2D eigenvalue weighted by atomic mass is 32.1. The molecule has 4 rings (SSSR count). The number of nitrogens with zero attached hydrogens (tertiary/aromatic N) is 2. The number of hydrogen-bond acceptors (Lipinski definition) is 7. The van der Waals surface area contributed by atoms with Gasteiger partial charge in [-0.05, 0) is 30.7 Å². The molecule has 0 radical (unpaired) electrons. The smallest absolute Gasteiger partial charge is 0.341 e. The standard InChI is InChI=1S/C23H27N3O3S/c1-25-8-10-26(11-9-25)14-17-18(27)13-16(12-15-6-4-3-5-7-15)19-20(23(28)29-2)22(24)30-21(17)19/h3-7,13,27H,8-12,14,24H2,1-2H3. The van der Waals surface area contributed by atoms with Crippen molar-refractivity contribution in [3.8, 4) is 5.75 Å². The van der Waals surface area contributed by atoms with Gasteiger partial charge < -0.3 is 20.5 Å². The number of piperazine rings is 1. The van der Waals surface area contributed by atoms with Crippen molar-refractivity contribution in [2.75, 3.05) is 46.1 Å². The number of anilines is 1. The first-order chi connectivity index (χ1) is 14.5. The third kappa shape index (κ3) is 4.01. The number of aromatic hydroxyl groups is 1. The van der Waals surface area contributed by atoms with Crippen molar-refractivity contribution < 1.29 is 14.6 Å². The van der Waals surface area contributed by atoms with Crippen LogP contribution in [0.15, 0.2) is 36.4 Å². The Labute approximate surface area is 180 Å². The Kier molecular flexibility index (Phi) is 5.94. The highest BCUT2D eigenvalue weighted by Gasteiger charge is 2.26. The van der Waals surface area contributed by atoms with Crippen LogP contribution in [0.5, 0.6) is 5.75 Å². The van der Waals surface area contributed by atoms with E-state index in [1.807, 2.05) is 30.3 Å². The highest BCUT2D eigenvalue weighted by molar-refractivity contribution is 7.23. The van der Waals surface area contributed by atoms with Crippen molar-refractivity contribution in [1.29, 1.82) is 0 Å². The highest BCUT2D eigenvalue weighted by Crippen LogP contribution is 2.43. The fourth-order valence-electron chi connectivity index (χ4n) is 4.05. The topological polar surface area (TPSA) is 79.0 Å². The Morgan fingerprint density at radius 1 is 1.20 bits per heavy atom. The van der Waals surface area contributed by atoms with Crippen LogP contribution in [0.25, 0.3) is 10.1 Å². The molecule has 0 bridgehead atoms. The first-order valence-corrected chi connectivity index (χ1v) is 10.9. The molecule has 3 N–H and O–H groups in total. The zero-order valence-electron chi connectivity index (χ0n) is 17.4. The molecule has 6 nitrogen and oxygen atoms in total. The molecule has 1 saturated heterocycles. The molecule has 0 aliphatic carbocycles. The summed E-state index contributed by atoms with van der Waals surface area (Å²) in [5, 5.41) is 12.2. The Bertz CT molecular complexity index is 1060. The summed E-state index contributed by atoms with van der Waals surface area (Å²) in [5.74, 6) is -0.186. The Morgan fingerprint density at radius 3 is 2.57 bits per heavy atom. The molecule has 0 unspecified atom stereocenters. The number of thiophene rings is 1. The quantitative estimate of drug-likeness (QED) is 0.611. The van der Waals surface area contributed by atoms with E-state index in [0.29, 0.717) is 23.5 Å². The number of phenolic OH excluding ortho intramolecular Hbond substituents is 1. The molecule has 1 aliphatic heterocycles. The van der Waals surface area contributed by atoms with Crippen LogP contribution in [0.4, 0.5) is 5.00 Å². The maximum atomic E-state index is 12.6. The minimum atomic E-state index is -0.440. The Balaban J connectivity index is 1.82. The van der Waals surface area contributed by atoms with Crippen LogP contribution < -0.4 is 5.73 Å². The van der Waals surface area contributed by atoms with Crippen LogP contribution in [0.2, 0.25) is 0 Å². The fourth-order valence-corrected chi connectivity index (χ4v) is 5.19. The van der Waals surface area contributed by atoms with E-state index < -0.39 is 5.97 Å². The molecule has 2 heterocycles. The van der Waals surface area contributed by atoms with E-state index in [2.05, 4.69) is 16.8 Å². The van der Waals surface area contributed by atoms with Gasteiger partial charge in [0, 0.05) is 48.4 Å². The Morgan fingerprint density at radius 2 is 1.90 bits per heavy atom. The molecule has 0 atom stereocenters. The number of nitrogens with two attached hydrogens (primary N) is 1. The summed E-state index contributed by atoms with van der Waals surface area (Å²) in [5.41, 5.74) is 9.50. The monoisotopic (exact) mass is 425 g/mol. The molecule has 2 aromatic carbocycles. The molecule has 0 amide bonds. The number of nitrogen functional groups attached to an aromatic ring is 1. The number of fused-ring (bicyclic) bond motifs is 1. The van der Waals surface area contributed by atoms with E-state index >= 15 is 0 Å². The zero-order valence-corrected chi connectivity index (χ0v) is 18.2. The molecule has 3 aromatic rings. The van der Waals surface area contributed by atoms with E-state index in [9.17, 15) is 9.90 Å². The number of benzene rings is 2. The summed E-state index contributed by atoms with van der Waals surface area (Å²) in [4.78, 5) is 17.2. The molecule has 1 fully saturated rings. The first kappa shape index (κ1) is 20.7. The number of carbonyl (C=O) groups is 1. The van der Waals surface area contributed by atoms with Gasteiger partial charge in [0.15, 0.2) is 0 Å². The third-order valence-corrected chi connectivity index (χ3v) is 6.83. The number of carbonyl (C=O) groups excluding carboxylic acids is 1. The second kappa shape index (κ2) is 8.63. The molecule has 30 heavy (non-hydrogen) atoms. The largest absolute Gasteiger partial charge is 0.508 e. The van der Waals surface area contributed by atoms with Crippen LogP contribution in [0, 0.1) is 0 Å². The second-order valence-corrected chi connectivity index (χ2v) is 8.86. The van der Waals surface area contributed by atoms with E-state index in [1.54, 1.807) is 6.07 Å². The molecular formula is C23H27N3O3S. The molecule has 0 saturated carbocycles. The van der Waals surface area contributed by atoms with E-state index in [1.165, 1.54) is 18.4 Å². The van der Waals surface area contributed by atoms with Crippen molar-refractivity contribution in [1.82, 2.24) is 9.80 Å². The third-order valence-electron chi connectivity index (χ3n) is 5.76. The lowest BCUT2D eigenvalue weighted by molar-refractivity contribution is 0.0604. The van der Waals surface area contributed by atoms with Crippen molar-refractivity contribution >= 4 is 32.4 Å². The normalized spacial score (nSPS) is 15.5. The van der Waals surface area contributed by atoms with Gasteiger partial charge in [0.1, 0.15) is 16.3 Å². The first-order valence-electron chi connectivity index (χ1n) is 10.1. The van der Waals surface area contributed by atoms with Crippen molar-refractivity contribution in [2.24, 2.45) is 0 Å². The summed E-state index contributed by atoms with van der Waals surface area (Å²) < 4.78 is 5.90. The number of hydrogen-bond donors (Lipinski definition) is 2. The fraction of sp³-hybridized carbons (Fsp3) is 0.348. The van der Waals surface area contributed by atoms with Crippen LogP contribution >= 0.6 is 11.3 Å².